The Balaban J connectivity index is 1.79. The molecule has 0 radical (unpaired) electrons. The number of aliphatic hydroxyl groups is 1. The fraction of sp³-hybridized carbons (Fsp3) is 0.111. The average Bonchev–Trinajstić information content (AvgIpc) is 2.53. The first-order valence-corrected chi connectivity index (χ1v) is 6.66. The van der Waals surface area contributed by atoms with Gasteiger partial charge in [0.05, 0.1) is 6.61 Å². The average molecular weight is 264 g/mol. The van der Waals surface area contributed by atoms with E-state index in [1.807, 2.05) is 48.5 Å². The Morgan fingerprint density at radius 3 is 2.25 bits per heavy atom. The van der Waals surface area contributed by atoms with E-state index in [2.05, 4.69) is 18.2 Å². The Labute approximate surface area is 118 Å². The highest BCUT2D eigenvalue weighted by molar-refractivity contribution is 5.88. The second-order valence-corrected chi connectivity index (χ2v) is 4.74. The van der Waals surface area contributed by atoms with Gasteiger partial charge in [0.15, 0.2) is 0 Å². The lowest BCUT2D eigenvalue weighted by molar-refractivity contribution is 0.281. The second kappa shape index (κ2) is 5.76. The molecule has 2 nitrogen and oxygen atoms in total. The second-order valence-electron chi connectivity index (χ2n) is 4.74. The van der Waals surface area contributed by atoms with Gasteiger partial charge in [-0.05, 0) is 22.6 Å². The van der Waals surface area contributed by atoms with Crippen LogP contribution in [0.5, 0.6) is 5.75 Å². The third-order valence-corrected chi connectivity index (χ3v) is 3.35. The van der Waals surface area contributed by atoms with Crippen molar-refractivity contribution in [2.45, 2.75) is 13.2 Å². The lowest BCUT2D eigenvalue weighted by atomic mass is 10.1. The lowest BCUT2D eigenvalue weighted by Gasteiger charge is -2.09. The molecule has 0 bridgehead atoms. The molecular weight excluding hydrogens is 248 g/mol. The van der Waals surface area contributed by atoms with Crippen molar-refractivity contribution in [3.8, 4) is 5.75 Å². The van der Waals surface area contributed by atoms with E-state index in [-0.39, 0.29) is 6.61 Å². The summed E-state index contributed by atoms with van der Waals surface area (Å²) in [5, 5.41) is 11.3. The van der Waals surface area contributed by atoms with E-state index in [0.29, 0.717) is 6.61 Å². The predicted octanol–water partition coefficient (Wildman–Crippen LogP) is 3.91. The van der Waals surface area contributed by atoms with Crippen LogP contribution in [-0.4, -0.2) is 5.11 Å². The topological polar surface area (TPSA) is 29.5 Å². The zero-order valence-corrected chi connectivity index (χ0v) is 11.1. The largest absolute Gasteiger partial charge is 0.488 e. The molecule has 3 aromatic carbocycles. The van der Waals surface area contributed by atoms with Crippen LogP contribution in [0.2, 0.25) is 0 Å². The predicted molar refractivity (Wildman–Crippen MR) is 80.6 cm³/mol. The van der Waals surface area contributed by atoms with E-state index >= 15 is 0 Å². The standard InChI is InChI=1S/C18H16O2/c19-12-14-8-10-15(11-9-14)13-20-18-7-3-5-16-4-1-2-6-17(16)18/h1-11,19H,12-13H2. The lowest BCUT2D eigenvalue weighted by Crippen LogP contribution is -1.96. The first-order valence-electron chi connectivity index (χ1n) is 6.66. The Hall–Kier alpha value is -2.32. The minimum Gasteiger partial charge on any atom is -0.488 e. The van der Waals surface area contributed by atoms with E-state index in [4.69, 9.17) is 9.84 Å². The molecule has 0 spiro atoms. The van der Waals surface area contributed by atoms with Crippen LogP contribution in [0.15, 0.2) is 66.7 Å². The van der Waals surface area contributed by atoms with Gasteiger partial charge in [0.2, 0.25) is 0 Å². The highest BCUT2D eigenvalue weighted by Crippen LogP contribution is 2.25. The summed E-state index contributed by atoms with van der Waals surface area (Å²) in [6, 6.07) is 22.1. The third-order valence-electron chi connectivity index (χ3n) is 3.35. The highest BCUT2D eigenvalue weighted by Gasteiger charge is 2.01. The van der Waals surface area contributed by atoms with Gasteiger partial charge in [-0.1, -0.05) is 60.7 Å². The number of benzene rings is 3. The molecule has 1 N–H and O–H groups in total. The SMILES string of the molecule is OCc1ccc(COc2cccc3ccccc23)cc1. The molecule has 0 amide bonds. The molecule has 0 fully saturated rings. The minimum atomic E-state index is 0.0739. The van der Waals surface area contributed by atoms with Gasteiger partial charge in [-0.2, -0.15) is 0 Å². The highest BCUT2D eigenvalue weighted by atomic mass is 16.5. The Bertz CT molecular complexity index is 697. The van der Waals surface area contributed by atoms with Crippen LogP contribution in [0.1, 0.15) is 11.1 Å². The summed E-state index contributed by atoms with van der Waals surface area (Å²) in [7, 11) is 0. The van der Waals surface area contributed by atoms with Crippen molar-refractivity contribution < 1.29 is 9.84 Å². The summed E-state index contributed by atoms with van der Waals surface area (Å²) in [5.41, 5.74) is 2.01. The van der Waals surface area contributed by atoms with Crippen molar-refractivity contribution in [3.63, 3.8) is 0 Å². The van der Waals surface area contributed by atoms with Crippen LogP contribution in [-0.2, 0) is 13.2 Å². The summed E-state index contributed by atoms with van der Waals surface area (Å²) >= 11 is 0. The van der Waals surface area contributed by atoms with Gasteiger partial charge in [-0.25, -0.2) is 0 Å². The number of hydrogen-bond acceptors (Lipinski definition) is 2. The van der Waals surface area contributed by atoms with Crippen LogP contribution in [0.3, 0.4) is 0 Å². The van der Waals surface area contributed by atoms with E-state index in [1.165, 1.54) is 5.39 Å². The van der Waals surface area contributed by atoms with Crippen molar-refractivity contribution in [3.05, 3.63) is 77.9 Å². The van der Waals surface area contributed by atoms with Gasteiger partial charge in [0.1, 0.15) is 12.4 Å². The number of fused-ring (bicyclic) bond motifs is 1. The first-order chi connectivity index (χ1) is 9.86. The molecule has 0 aliphatic heterocycles. The molecule has 0 atom stereocenters. The fourth-order valence-electron chi connectivity index (χ4n) is 2.22. The molecule has 0 aromatic heterocycles. The first kappa shape index (κ1) is 12.7. The number of aliphatic hydroxyl groups excluding tert-OH is 1. The summed E-state index contributed by atoms with van der Waals surface area (Å²) in [6.07, 6.45) is 0. The Morgan fingerprint density at radius 1 is 0.750 bits per heavy atom. The van der Waals surface area contributed by atoms with Crippen LogP contribution >= 0.6 is 0 Å². The molecule has 100 valence electrons. The van der Waals surface area contributed by atoms with Crippen molar-refractivity contribution in [1.29, 1.82) is 0 Å². The Morgan fingerprint density at radius 2 is 1.45 bits per heavy atom. The summed E-state index contributed by atoms with van der Waals surface area (Å²) in [6.45, 7) is 0.601. The van der Waals surface area contributed by atoms with Crippen molar-refractivity contribution in [1.82, 2.24) is 0 Å². The van der Waals surface area contributed by atoms with Crippen molar-refractivity contribution in [2.75, 3.05) is 0 Å². The summed E-state index contributed by atoms with van der Waals surface area (Å²) < 4.78 is 5.92. The van der Waals surface area contributed by atoms with Gasteiger partial charge in [-0.15, -0.1) is 0 Å². The van der Waals surface area contributed by atoms with Gasteiger partial charge >= 0.3 is 0 Å². The summed E-state index contributed by atoms with van der Waals surface area (Å²) in [5.74, 6) is 0.898. The minimum absolute atomic E-state index is 0.0739. The number of rotatable bonds is 4. The maximum absolute atomic E-state index is 9.02. The van der Waals surface area contributed by atoms with Crippen molar-refractivity contribution in [2.24, 2.45) is 0 Å². The van der Waals surface area contributed by atoms with E-state index < -0.39 is 0 Å². The zero-order chi connectivity index (χ0) is 13.8. The third kappa shape index (κ3) is 2.65. The molecular formula is C18H16O2. The van der Waals surface area contributed by atoms with Gasteiger partial charge in [-0.3, -0.25) is 0 Å². The quantitative estimate of drug-likeness (QED) is 0.774. The molecule has 0 saturated heterocycles. The fourth-order valence-corrected chi connectivity index (χ4v) is 2.22. The van der Waals surface area contributed by atoms with Crippen molar-refractivity contribution >= 4 is 10.8 Å². The summed E-state index contributed by atoms with van der Waals surface area (Å²) in [4.78, 5) is 0. The maximum atomic E-state index is 9.02. The van der Waals surface area contributed by atoms with Crippen LogP contribution in [0.4, 0.5) is 0 Å². The van der Waals surface area contributed by atoms with Gasteiger partial charge in [0, 0.05) is 5.39 Å². The molecule has 3 aromatic rings. The molecule has 0 aliphatic carbocycles. The number of ether oxygens (including phenoxy) is 1. The molecule has 3 rings (SSSR count). The van der Waals surface area contributed by atoms with E-state index in [1.54, 1.807) is 0 Å². The normalized spacial score (nSPS) is 10.7. The van der Waals surface area contributed by atoms with Crippen LogP contribution in [0, 0.1) is 0 Å². The van der Waals surface area contributed by atoms with Gasteiger partial charge in [0.25, 0.3) is 0 Å². The van der Waals surface area contributed by atoms with Gasteiger partial charge < -0.3 is 9.84 Å². The Kier molecular flexibility index (Phi) is 3.66. The van der Waals surface area contributed by atoms with Crippen LogP contribution < -0.4 is 4.74 Å². The smallest absolute Gasteiger partial charge is 0.127 e. The monoisotopic (exact) mass is 264 g/mol. The van der Waals surface area contributed by atoms with E-state index in [0.717, 1.165) is 22.3 Å². The molecule has 2 heteroatoms. The zero-order valence-electron chi connectivity index (χ0n) is 11.1. The number of hydrogen-bond donors (Lipinski definition) is 1. The molecule has 20 heavy (non-hydrogen) atoms. The molecule has 0 unspecified atom stereocenters. The molecule has 0 heterocycles. The molecule has 0 aliphatic rings. The maximum Gasteiger partial charge on any atom is 0.127 e. The van der Waals surface area contributed by atoms with E-state index in [9.17, 15) is 0 Å². The van der Waals surface area contributed by atoms with Crippen LogP contribution in [0.25, 0.3) is 10.8 Å². The molecule has 0 saturated carbocycles.